The predicted octanol–water partition coefficient (Wildman–Crippen LogP) is 5.65. The van der Waals surface area contributed by atoms with E-state index in [1.807, 2.05) is 0 Å². The summed E-state index contributed by atoms with van der Waals surface area (Å²) >= 11 is 0. The minimum absolute atomic E-state index is 0.0349. The molecule has 1 aliphatic heterocycles. The van der Waals surface area contributed by atoms with Gasteiger partial charge in [-0.3, -0.25) is 9.71 Å². The van der Waals surface area contributed by atoms with E-state index in [1.165, 1.54) is 6.20 Å². The molecule has 0 spiro atoms. The van der Waals surface area contributed by atoms with Crippen molar-refractivity contribution < 1.29 is 26.0 Å². The number of nitrogens with zero attached hydrogens (tertiary/aromatic N) is 1. The molecule has 1 aliphatic rings. The summed E-state index contributed by atoms with van der Waals surface area (Å²) in [6, 6.07) is 6.17. The third kappa shape index (κ3) is 6.11. The minimum Gasteiger partial charge on any atom is -0.542 e. The van der Waals surface area contributed by atoms with Crippen LogP contribution in [0, 0.1) is 0 Å². The monoisotopic (exact) mass is 515 g/mol. The first-order valence-electron chi connectivity index (χ1n) is 11.2. The van der Waals surface area contributed by atoms with Crippen molar-refractivity contribution in [3.05, 3.63) is 42.1 Å². The van der Waals surface area contributed by atoms with Crippen LogP contribution in [0.1, 0.15) is 39.2 Å². The van der Waals surface area contributed by atoms with E-state index in [0.717, 1.165) is 18.2 Å². The topological polar surface area (TPSA) is 80.3 Å². The Labute approximate surface area is 200 Å². The molecule has 1 aromatic carbocycles. The lowest BCUT2D eigenvalue weighted by molar-refractivity contribution is -0.137. The van der Waals surface area contributed by atoms with Gasteiger partial charge >= 0.3 is 6.18 Å². The van der Waals surface area contributed by atoms with Gasteiger partial charge in [-0.15, -0.1) is 0 Å². The molecular formula is C23H32F3N3O3SSi. The number of aromatic nitrogens is 1. The molecule has 0 unspecified atom stereocenters. The van der Waals surface area contributed by atoms with Gasteiger partial charge in [0.2, 0.25) is 10.0 Å². The van der Waals surface area contributed by atoms with Gasteiger partial charge in [0.25, 0.3) is 8.32 Å². The Morgan fingerprint density at radius 3 is 2.26 bits per heavy atom. The van der Waals surface area contributed by atoms with Gasteiger partial charge in [-0.1, -0.05) is 20.8 Å². The van der Waals surface area contributed by atoms with Gasteiger partial charge in [0.1, 0.15) is 5.75 Å². The average Bonchev–Trinajstić information content (AvgIpc) is 2.73. The zero-order valence-corrected chi connectivity index (χ0v) is 21.9. The van der Waals surface area contributed by atoms with Crippen LogP contribution in [-0.2, 0) is 16.2 Å². The molecule has 6 nitrogen and oxygen atoms in total. The van der Waals surface area contributed by atoms with Crippen molar-refractivity contribution in [2.75, 3.05) is 17.8 Å². The molecule has 1 fully saturated rings. The number of anilines is 1. The molecule has 0 radical (unpaired) electrons. The molecule has 2 heterocycles. The van der Waals surface area contributed by atoms with Crippen LogP contribution in [0.3, 0.4) is 0 Å². The second-order valence-electron chi connectivity index (χ2n) is 10.1. The van der Waals surface area contributed by atoms with E-state index in [2.05, 4.69) is 48.9 Å². The zero-order valence-electron chi connectivity index (χ0n) is 20.1. The minimum atomic E-state index is -4.58. The summed E-state index contributed by atoms with van der Waals surface area (Å²) in [5.41, 5.74) is -0.532. The molecule has 34 heavy (non-hydrogen) atoms. The van der Waals surface area contributed by atoms with Gasteiger partial charge in [0.15, 0.2) is 0 Å². The first-order valence-corrected chi connectivity index (χ1v) is 15.6. The van der Waals surface area contributed by atoms with E-state index in [9.17, 15) is 21.6 Å². The number of hydrogen-bond donors (Lipinski definition) is 2. The first-order chi connectivity index (χ1) is 15.6. The molecule has 1 saturated heterocycles. The smallest absolute Gasteiger partial charge is 0.416 e. The number of hydrogen-bond acceptors (Lipinski definition) is 5. The normalized spacial score (nSPS) is 16.4. The Balaban J connectivity index is 1.97. The predicted molar refractivity (Wildman–Crippen MR) is 131 cm³/mol. The zero-order chi connectivity index (χ0) is 25.4. The van der Waals surface area contributed by atoms with Crippen molar-refractivity contribution >= 4 is 24.0 Å². The van der Waals surface area contributed by atoms with Gasteiger partial charge in [-0.25, -0.2) is 8.42 Å². The molecule has 0 amide bonds. The van der Waals surface area contributed by atoms with Crippen molar-refractivity contribution in [3.8, 4) is 17.0 Å². The number of nitrogens with one attached hydrogen (secondary N) is 2. The van der Waals surface area contributed by atoms with Gasteiger partial charge in [-0.05, 0) is 74.4 Å². The lowest BCUT2D eigenvalue weighted by Crippen LogP contribution is -2.43. The molecule has 2 N–H and O–H groups in total. The lowest BCUT2D eigenvalue weighted by Gasteiger charge is -2.36. The van der Waals surface area contributed by atoms with E-state index in [1.54, 1.807) is 12.1 Å². The summed E-state index contributed by atoms with van der Waals surface area (Å²) in [6.45, 7) is 11.6. The van der Waals surface area contributed by atoms with Crippen LogP contribution in [0.4, 0.5) is 18.9 Å². The highest BCUT2D eigenvalue weighted by molar-refractivity contribution is 7.93. The Bertz CT molecular complexity index is 1110. The summed E-state index contributed by atoms with van der Waals surface area (Å²) in [4.78, 5) is 4.33. The summed E-state index contributed by atoms with van der Waals surface area (Å²) < 4.78 is 74.9. The van der Waals surface area contributed by atoms with Gasteiger partial charge < -0.3 is 9.74 Å². The molecule has 11 heteroatoms. The Hall–Kier alpha value is -2.11. The molecule has 188 valence electrons. The molecule has 0 bridgehead atoms. The quantitative estimate of drug-likeness (QED) is 0.487. The summed E-state index contributed by atoms with van der Waals surface area (Å²) in [5, 5.41) is 2.46. The summed E-state index contributed by atoms with van der Waals surface area (Å²) in [6.07, 6.45) is -2.24. The van der Waals surface area contributed by atoms with E-state index >= 15 is 0 Å². The Kier molecular flexibility index (Phi) is 7.40. The SMILES string of the molecule is CC(C)(C)[Si](C)(C)Oc1ccc(-c2cc(C(F)(F)F)ccc2NS(=O)(=O)C2CCNCC2)nc1. The highest BCUT2D eigenvalue weighted by Gasteiger charge is 2.39. The third-order valence-electron chi connectivity index (χ3n) is 6.52. The molecule has 3 rings (SSSR count). The highest BCUT2D eigenvalue weighted by Crippen LogP contribution is 2.39. The average molecular weight is 516 g/mol. The van der Waals surface area contributed by atoms with E-state index in [0.29, 0.717) is 31.7 Å². The number of piperidine rings is 1. The fourth-order valence-corrected chi connectivity index (χ4v) is 5.94. The van der Waals surface area contributed by atoms with Gasteiger partial charge in [0.05, 0.1) is 28.4 Å². The van der Waals surface area contributed by atoms with Crippen LogP contribution in [-0.4, -0.2) is 40.1 Å². The van der Waals surface area contributed by atoms with E-state index in [-0.39, 0.29) is 22.0 Å². The fraction of sp³-hybridized carbons (Fsp3) is 0.522. The maximum absolute atomic E-state index is 13.4. The van der Waals surface area contributed by atoms with Gasteiger partial charge in [-0.2, -0.15) is 13.2 Å². The standard InChI is InChI=1S/C23H32F3N3O3SSi/c1-22(2,3)34(4,5)32-17-7-9-20(28-15-17)19-14-16(23(24,25)26)6-8-21(19)29-33(30,31)18-10-12-27-13-11-18/h6-9,14-15,18,27,29H,10-13H2,1-5H3. The molecule has 0 saturated carbocycles. The molecular weight excluding hydrogens is 483 g/mol. The van der Waals surface area contributed by atoms with Crippen LogP contribution in [0.5, 0.6) is 5.75 Å². The molecule has 1 aromatic heterocycles. The summed E-state index contributed by atoms with van der Waals surface area (Å²) in [5.74, 6) is 0.527. The number of sulfonamides is 1. The van der Waals surface area contributed by atoms with E-state index < -0.39 is 35.3 Å². The van der Waals surface area contributed by atoms with Gasteiger partial charge in [0, 0.05) is 5.56 Å². The van der Waals surface area contributed by atoms with Crippen LogP contribution >= 0.6 is 0 Å². The second kappa shape index (κ2) is 9.50. The first kappa shape index (κ1) is 26.5. The Morgan fingerprint density at radius 1 is 1.09 bits per heavy atom. The highest BCUT2D eigenvalue weighted by atomic mass is 32.2. The number of benzene rings is 1. The van der Waals surface area contributed by atoms with Crippen LogP contribution in [0.2, 0.25) is 18.1 Å². The number of pyridine rings is 1. The van der Waals surface area contributed by atoms with E-state index in [4.69, 9.17) is 4.43 Å². The molecule has 0 aliphatic carbocycles. The maximum Gasteiger partial charge on any atom is 0.416 e. The largest absolute Gasteiger partial charge is 0.542 e. The molecule has 0 atom stereocenters. The summed E-state index contributed by atoms with van der Waals surface area (Å²) in [7, 11) is -5.91. The molecule has 2 aromatic rings. The second-order valence-corrected chi connectivity index (χ2v) is 16.8. The van der Waals surface area contributed by atoms with Crippen LogP contribution in [0.15, 0.2) is 36.5 Å². The van der Waals surface area contributed by atoms with Crippen LogP contribution in [0.25, 0.3) is 11.3 Å². The van der Waals surface area contributed by atoms with Crippen LogP contribution < -0.4 is 14.5 Å². The Morgan fingerprint density at radius 2 is 1.74 bits per heavy atom. The number of rotatable bonds is 6. The van der Waals surface area contributed by atoms with Crippen molar-refractivity contribution in [1.29, 1.82) is 0 Å². The van der Waals surface area contributed by atoms with Crippen molar-refractivity contribution in [1.82, 2.24) is 10.3 Å². The third-order valence-corrected chi connectivity index (χ3v) is 12.7. The lowest BCUT2D eigenvalue weighted by atomic mass is 10.0. The number of alkyl halides is 3. The van der Waals surface area contributed by atoms with Crippen molar-refractivity contribution in [3.63, 3.8) is 0 Å². The maximum atomic E-state index is 13.4. The van der Waals surface area contributed by atoms with Crippen molar-refractivity contribution in [2.45, 2.75) is 63.2 Å². The fourth-order valence-electron chi connectivity index (χ4n) is 3.41. The van der Waals surface area contributed by atoms with Crippen molar-refractivity contribution in [2.24, 2.45) is 0 Å². The number of halogens is 3.